The minimum absolute atomic E-state index is 0.0907. The smallest absolute Gasteiger partial charge is 0.270 e. The molecule has 2 atom stereocenters. The quantitative estimate of drug-likeness (QED) is 0.566. The van der Waals surface area contributed by atoms with Gasteiger partial charge in [0.25, 0.3) is 11.4 Å². The van der Waals surface area contributed by atoms with E-state index in [0.717, 1.165) is 17.8 Å². The monoisotopic (exact) mass is 446 g/mol. The van der Waals surface area contributed by atoms with Crippen molar-refractivity contribution in [3.05, 3.63) is 74.3 Å². The molecule has 162 valence electrons. The largest absolute Gasteiger partial charge is 0.362 e. The molecule has 0 bridgehead atoms. The summed E-state index contributed by atoms with van der Waals surface area (Å²) in [7, 11) is 1.72. The van der Waals surface area contributed by atoms with E-state index < -0.39 is 0 Å². The summed E-state index contributed by atoms with van der Waals surface area (Å²) in [6.07, 6.45) is 0. The molecule has 8 heteroatoms. The first-order valence-corrected chi connectivity index (χ1v) is 10.8. The fourth-order valence-electron chi connectivity index (χ4n) is 4.36. The van der Waals surface area contributed by atoms with Crippen molar-refractivity contribution < 1.29 is 0 Å². The molecule has 0 spiro atoms. The lowest BCUT2D eigenvalue weighted by molar-refractivity contribution is 0.158. The Kier molecular flexibility index (Phi) is 5.88. The molecule has 0 amide bonds. The second kappa shape index (κ2) is 8.63. The van der Waals surface area contributed by atoms with Gasteiger partial charge < -0.3 is 14.3 Å². The molecule has 7 nitrogen and oxygen atoms in total. The number of fused-ring (bicyclic) bond motifs is 1. The van der Waals surface area contributed by atoms with E-state index >= 15 is 0 Å². The van der Waals surface area contributed by atoms with Crippen molar-refractivity contribution in [1.29, 1.82) is 5.26 Å². The van der Waals surface area contributed by atoms with Gasteiger partial charge in [0.1, 0.15) is 0 Å². The Morgan fingerprint density at radius 2 is 2.03 bits per heavy atom. The van der Waals surface area contributed by atoms with E-state index in [1.807, 2.05) is 6.07 Å². The highest BCUT2D eigenvalue weighted by atomic mass is 35.5. The van der Waals surface area contributed by atoms with Crippen molar-refractivity contribution >= 4 is 34.1 Å². The number of nitriles is 1. The number of aromatic nitrogens is 2. The Morgan fingerprint density at radius 3 is 2.75 bits per heavy atom. The molecule has 0 aliphatic carbocycles. The Morgan fingerprint density at radius 1 is 1.25 bits per heavy atom. The number of halogens is 1. The minimum atomic E-state index is -0.109. The average Bonchev–Trinajstić information content (AvgIpc) is 2.79. The zero-order valence-corrected chi connectivity index (χ0v) is 19.0. The number of anilines is 1. The van der Waals surface area contributed by atoms with Gasteiger partial charge in [-0.05, 0) is 38.1 Å². The van der Waals surface area contributed by atoms with Gasteiger partial charge in [0, 0.05) is 55.4 Å². The molecule has 1 aliphatic heterocycles. The molecular formula is C24H23ClN6O. The number of piperazine rings is 1. The normalized spacial score (nSPS) is 19.0. The Labute approximate surface area is 191 Å². The van der Waals surface area contributed by atoms with Crippen molar-refractivity contribution in [3.63, 3.8) is 0 Å². The number of pyridine rings is 2. The molecule has 0 unspecified atom stereocenters. The van der Waals surface area contributed by atoms with Crippen molar-refractivity contribution in [1.82, 2.24) is 14.5 Å². The van der Waals surface area contributed by atoms with Gasteiger partial charge in [-0.3, -0.25) is 9.69 Å². The number of nitrogens with zero attached hydrogens (tertiary/aromatic N) is 6. The number of aryl methyl sites for hydroxylation is 1. The minimum Gasteiger partial charge on any atom is -0.362 e. The number of hydrogen-bond acceptors (Lipinski definition) is 5. The maximum atomic E-state index is 12.6. The van der Waals surface area contributed by atoms with Crippen LogP contribution in [-0.4, -0.2) is 39.6 Å². The zero-order chi connectivity index (χ0) is 23.0. The third-order valence-electron chi connectivity index (χ3n) is 6.19. The van der Waals surface area contributed by atoms with Crippen LogP contribution in [0, 0.1) is 17.9 Å². The maximum absolute atomic E-state index is 12.6. The molecule has 3 heterocycles. The highest BCUT2D eigenvalue weighted by Gasteiger charge is 2.32. The molecule has 1 aromatic carbocycles. The summed E-state index contributed by atoms with van der Waals surface area (Å²) < 4.78 is 1.56. The molecule has 0 radical (unpaired) electrons. The highest BCUT2D eigenvalue weighted by Crippen LogP contribution is 2.31. The lowest BCUT2D eigenvalue weighted by atomic mass is 10.0. The van der Waals surface area contributed by atoms with Gasteiger partial charge in [0.15, 0.2) is 0 Å². The van der Waals surface area contributed by atoms with Gasteiger partial charge in [-0.25, -0.2) is 0 Å². The average molecular weight is 447 g/mol. The van der Waals surface area contributed by atoms with E-state index in [0.29, 0.717) is 40.5 Å². The van der Waals surface area contributed by atoms with Crippen LogP contribution in [0.4, 0.5) is 11.5 Å². The van der Waals surface area contributed by atoms with Gasteiger partial charge in [0.2, 0.25) is 5.52 Å². The van der Waals surface area contributed by atoms with Gasteiger partial charge in [-0.1, -0.05) is 24.2 Å². The summed E-state index contributed by atoms with van der Waals surface area (Å²) in [5, 5.41) is 10.1. The molecule has 0 N–H and O–H groups in total. The van der Waals surface area contributed by atoms with Crippen LogP contribution >= 0.6 is 11.6 Å². The molecule has 1 fully saturated rings. The first kappa shape index (κ1) is 21.8. The summed E-state index contributed by atoms with van der Waals surface area (Å²) >= 11 is 6.40. The molecule has 0 saturated carbocycles. The molecule has 3 aromatic rings. The maximum Gasteiger partial charge on any atom is 0.270 e. The van der Waals surface area contributed by atoms with Crippen molar-refractivity contribution in [3.8, 4) is 6.07 Å². The fourth-order valence-corrected chi connectivity index (χ4v) is 4.60. The van der Waals surface area contributed by atoms with Crippen LogP contribution in [0.25, 0.3) is 15.9 Å². The Hall–Kier alpha value is -3.39. The standard InChI is InChI=1S/C24H23ClN6O/c1-15-13-31(16(2)12-30(15)14-18-17(11-26)6-5-7-19(18)25)21-10-23(32)29(4)20-8-9-22(27-3)28-24(20)21/h5-10,15-16H,12-14H2,1-2,4H3/t15-,16+/m1/s1. The molecule has 4 rings (SSSR count). The SMILES string of the molecule is [C-]#[N+]c1ccc2c(n1)c(N1C[C@@H](C)N(Cc3c(Cl)cccc3C#N)C[C@@H]1C)cc(=O)n2C. The first-order valence-electron chi connectivity index (χ1n) is 10.4. The van der Waals surface area contributed by atoms with E-state index in [2.05, 4.69) is 39.5 Å². The fraction of sp³-hybridized carbons (Fsp3) is 0.333. The summed E-state index contributed by atoms with van der Waals surface area (Å²) in [4.78, 5) is 25.1. The van der Waals surface area contributed by atoms with Crippen LogP contribution in [0.1, 0.15) is 25.0 Å². The van der Waals surface area contributed by atoms with Crippen LogP contribution in [0.3, 0.4) is 0 Å². The molecule has 1 aliphatic rings. The summed E-state index contributed by atoms with van der Waals surface area (Å²) in [6, 6.07) is 12.9. The van der Waals surface area contributed by atoms with Crippen LogP contribution in [0.5, 0.6) is 0 Å². The van der Waals surface area contributed by atoms with Crippen molar-refractivity contribution in [2.75, 3.05) is 18.0 Å². The Balaban J connectivity index is 1.69. The summed E-state index contributed by atoms with van der Waals surface area (Å²) in [5.74, 6) is 0.305. The second-order valence-corrected chi connectivity index (χ2v) is 8.64. The number of hydrogen-bond donors (Lipinski definition) is 0. The zero-order valence-electron chi connectivity index (χ0n) is 18.2. The van der Waals surface area contributed by atoms with Crippen molar-refractivity contribution in [2.45, 2.75) is 32.5 Å². The van der Waals surface area contributed by atoms with E-state index in [-0.39, 0.29) is 17.6 Å². The molecule has 2 aromatic heterocycles. The van der Waals surface area contributed by atoms with Gasteiger partial charge in [-0.15, -0.1) is 4.98 Å². The van der Waals surface area contributed by atoms with E-state index in [9.17, 15) is 10.1 Å². The third-order valence-corrected chi connectivity index (χ3v) is 6.55. The number of benzene rings is 1. The van der Waals surface area contributed by atoms with Crippen LogP contribution in [0.15, 0.2) is 41.2 Å². The second-order valence-electron chi connectivity index (χ2n) is 8.23. The van der Waals surface area contributed by atoms with Gasteiger partial charge in [-0.2, -0.15) is 5.26 Å². The lowest BCUT2D eigenvalue weighted by Gasteiger charge is -2.45. The van der Waals surface area contributed by atoms with E-state index in [1.54, 1.807) is 41.9 Å². The predicted octanol–water partition coefficient (Wildman–Crippen LogP) is 4.11. The molecule has 1 saturated heterocycles. The van der Waals surface area contributed by atoms with Crippen LogP contribution in [-0.2, 0) is 13.6 Å². The van der Waals surface area contributed by atoms with E-state index in [4.69, 9.17) is 18.2 Å². The first-order chi connectivity index (χ1) is 15.3. The summed E-state index contributed by atoms with van der Waals surface area (Å²) in [5.41, 5.74) is 3.44. The third kappa shape index (κ3) is 3.82. The van der Waals surface area contributed by atoms with E-state index in [1.165, 1.54) is 0 Å². The molecule has 32 heavy (non-hydrogen) atoms. The van der Waals surface area contributed by atoms with Gasteiger partial charge in [0.05, 0.1) is 22.8 Å². The Bertz CT molecular complexity index is 1340. The van der Waals surface area contributed by atoms with Crippen LogP contribution < -0.4 is 10.5 Å². The summed E-state index contributed by atoms with van der Waals surface area (Å²) in [6.45, 7) is 13.6. The predicted molar refractivity (Wildman–Crippen MR) is 126 cm³/mol. The highest BCUT2D eigenvalue weighted by molar-refractivity contribution is 6.31. The molecular weight excluding hydrogens is 424 g/mol. The lowest BCUT2D eigenvalue weighted by Crippen LogP contribution is -2.56. The topological polar surface area (TPSA) is 69.5 Å². The van der Waals surface area contributed by atoms with Gasteiger partial charge >= 0.3 is 0 Å². The number of rotatable bonds is 3. The van der Waals surface area contributed by atoms with Crippen LogP contribution in [0.2, 0.25) is 5.02 Å². The van der Waals surface area contributed by atoms with Crippen molar-refractivity contribution in [2.24, 2.45) is 7.05 Å².